The summed E-state index contributed by atoms with van der Waals surface area (Å²) in [6.45, 7) is 4.61. The molecule has 1 aliphatic rings. The predicted octanol–water partition coefficient (Wildman–Crippen LogP) is 17.8. The molecule has 65 heavy (non-hydrogen) atoms. The second kappa shape index (κ2) is 14.8. The molecule has 4 aromatic heterocycles. The number of H-pyrrole nitrogens is 1. The van der Waals surface area contributed by atoms with Crippen LogP contribution < -0.4 is 0 Å². The van der Waals surface area contributed by atoms with E-state index in [4.69, 9.17) is 0 Å². The molecule has 0 saturated heterocycles. The topological polar surface area (TPSA) is 20.7 Å². The predicted molar refractivity (Wildman–Crippen MR) is 281 cm³/mol. The molecule has 9 aromatic carbocycles. The Morgan fingerprint density at radius 3 is 1.58 bits per heavy atom. The third kappa shape index (κ3) is 6.05. The Balaban J connectivity index is 0.000000239. The maximum absolute atomic E-state index is 3.68. The van der Waals surface area contributed by atoms with E-state index in [9.17, 15) is 0 Å². The summed E-state index contributed by atoms with van der Waals surface area (Å²) >= 11 is 3.76. The molecular weight excluding hydrogens is 825 g/mol. The number of thiophene rings is 2. The van der Waals surface area contributed by atoms with Gasteiger partial charge in [-0.05, 0) is 104 Å². The lowest BCUT2D eigenvalue weighted by Crippen LogP contribution is -2.14. The second-order valence-electron chi connectivity index (χ2n) is 17.7. The van der Waals surface area contributed by atoms with E-state index in [0.29, 0.717) is 0 Å². The molecule has 0 radical (unpaired) electrons. The minimum atomic E-state index is 0.160. The second-order valence-corrected chi connectivity index (χ2v) is 19.8. The van der Waals surface area contributed by atoms with Crippen LogP contribution in [-0.2, 0) is 5.41 Å². The van der Waals surface area contributed by atoms with Gasteiger partial charge in [-0.3, -0.25) is 0 Å². The van der Waals surface area contributed by atoms with E-state index < -0.39 is 0 Å². The van der Waals surface area contributed by atoms with E-state index in [1.807, 2.05) is 22.7 Å². The fourth-order valence-electron chi connectivity index (χ4n) is 10.4. The van der Waals surface area contributed by atoms with E-state index >= 15 is 0 Å². The number of benzene rings is 9. The molecule has 2 nitrogen and oxygen atoms in total. The smallest absolute Gasteiger partial charge is 0.0727 e. The molecule has 4 heteroatoms. The Morgan fingerprint density at radius 1 is 0.400 bits per heavy atom. The number of aromatic nitrogens is 2. The summed E-state index contributed by atoms with van der Waals surface area (Å²) in [5.41, 5.74) is 19.4. The Hall–Kier alpha value is -7.50. The Bertz CT molecular complexity index is 3900. The first-order chi connectivity index (χ1) is 32.0. The van der Waals surface area contributed by atoms with E-state index in [1.54, 1.807) is 0 Å². The Morgan fingerprint density at radius 2 is 0.892 bits per heavy atom. The average molecular weight is 867 g/mol. The van der Waals surface area contributed by atoms with Crippen LogP contribution in [0.5, 0.6) is 0 Å². The monoisotopic (exact) mass is 866 g/mol. The van der Waals surface area contributed by atoms with E-state index in [2.05, 4.69) is 236 Å². The van der Waals surface area contributed by atoms with Crippen LogP contribution in [0.3, 0.4) is 0 Å². The van der Waals surface area contributed by atoms with Gasteiger partial charge in [-0.2, -0.15) is 0 Å². The molecular formula is C61H42N2S2. The standard InChI is InChI=1S/C46H28N2S2.C15H14/c1-2-8-28(9-3-1)29-18-22-34(23-19-29)48-40-25-21-33(27-38(40)46-44(48)36-11-5-7-13-42(36)50-46)31-16-14-30(15-17-31)32-20-24-39-37(26-32)45-43(47-39)35-10-4-6-12-41(35)49-45;1-15(2)13-9-5-3-7-11(13)12-8-4-6-10-14(12)15/h1-27,47H;3-10H,1-2H3. The van der Waals surface area contributed by atoms with Gasteiger partial charge in [0, 0.05) is 47.6 Å². The molecule has 0 unspecified atom stereocenters. The van der Waals surface area contributed by atoms with Crippen LogP contribution in [0.25, 0.3) is 113 Å². The van der Waals surface area contributed by atoms with Crippen molar-refractivity contribution in [2.75, 3.05) is 0 Å². The van der Waals surface area contributed by atoms with Crippen molar-refractivity contribution in [1.29, 1.82) is 0 Å². The van der Waals surface area contributed by atoms with Crippen LogP contribution >= 0.6 is 22.7 Å². The van der Waals surface area contributed by atoms with E-state index in [-0.39, 0.29) is 5.41 Å². The van der Waals surface area contributed by atoms with Crippen molar-refractivity contribution in [3.05, 3.63) is 223 Å². The highest BCUT2D eigenvalue weighted by Gasteiger charge is 2.34. The molecule has 0 atom stereocenters. The highest BCUT2D eigenvalue weighted by molar-refractivity contribution is 7.27. The van der Waals surface area contributed by atoms with Crippen LogP contribution in [0.4, 0.5) is 0 Å². The van der Waals surface area contributed by atoms with Gasteiger partial charge in [-0.1, -0.05) is 178 Å². The number of fused-ring (bicyclic) bond motifs is 13. The molecule has 308 valence electrons. The summed E-state index contributed by atoms with van der Waals surface area (Å²) in [6, 6.07) is 77.4. The number of aromatic amines is 1. The first-order valence-corrected chi connectivity index (χ1v) is 24.0. The van der Waals surface area contributed by atoms with Crippen LogP contribution in [-0.4, -0.2) is 9.55 Å². The van der Waals surface area contributed by atoms with Crippen LogP contribution in [0.15, 0.2) is 212 Å². The Kier molecular flexibility index (Phi) is 8.64. The summed E-state index contributed by atoms with van der Waals surface area (Å²) in [6.07, 6.45) is 0. The SMILES string of the molecule is CC1(C)c2ccccc2-c2ccccc21.c1ccc(-c2ccc(-n3c4ccc(-c5ccc(-c6ccc7[nH]c8c9ccccc9sc8c7c6)cc5)cc4c4sc5ccccc5c43)cc2)cc1. The average Bonchev–Trinajstić information content (AvgIpc) is 4.15. The molecule has 0 fully saturated rings. The zero-order valence-corrected chi connectivity index (χ0v) is 37.6. The molecule has 0 saturated carbocycles. The van der Waals surface area contributed by atoms with Crippen LogP contribution in [0.2, 0.25) is 0 Å². The van der Waals surface area contributed by atoms with E-state index in [0.717, 1.165) is 0 Å². The first kappa shape index (κ1) is 38.0. The molecule has 14 rings (SSSR count). The zero-order valence-electron chi connectivity index (χ0n) is 36.0. The summed E-state index contributed by atoms with van der Waals surface area (Å²) in [7, 11) is 0. The lowest BCUT2D eigenvalue weighted by Gasteiger charge is -2.20. The van der Waals surface area contributed by atoms with Crippen molar-refractivity contribution >= 4 is 85.1 Å². The van der Waals surface area contributed by atoms with Crippen molar-refractivity contribution in [3.8, 4) is 50.2 Å². The zero-order chi connectivity index (χ0) is 43.2. The van der Waals surface area contributed by atoms with E-state index in [1.165, 1.54) is 124 Å². The maximum atomic E-state index is 3.68. The van der Waals surface area contributed by atoms with Gasteiger partial charge < -0.3 is 9.55 Å². The normalized spacial score (nSPS) is 12.9. The number of hydrogen-bond donors (Lipinski definition) is 1. The molecule has 0 amide bonds. The number of rotatable bonds is 4. The van der Waals surface area contributed by atoms with Gasteiger partial charge in [-0.15, -0.1) is 22.7 Å². The molecule has 0 spiro atoms. The highest BCUT2D eigenvalue weighted by Crippen LogP contribution is 2.48. The Labute approximate surface area is 385 Å². The summed E-state index contributed by atoms with van der Waals surface area (Å²) < 4.78 is 7.76. The molecule has 13 aromatic rings. The third-order valence-electron chi connectivity index (χ3n) is 13.7. The van der Waals surface area contributed by atoms with Crippen molar-refractivity contribution in [2.45, 2.75) is 19.3 Å². The minimum absolute atomic E-state index is 0.160. The maximum Gasteiger partial charge on any atom is 0.0727 e. The van der Waals surface area contributed by atoms with Crippen molar-refractivity contribution < 1.29 is 0 Å². The van der Waals surface area contributed by atoms with Gasteiger partial charge in [0.15, 0.2) is 0 Å². The summed E-state index contributed by atoms with van der Waals surface area (Å²) in [5.74, 6) is 0. The minimum Gasteiger partial charge on any atom is -0.353 e. The molecule has 0 bridgehead atoms. The molecule has 1 aliphatic carbocycles. The van der Waals surface area contributed by atoms with Crippen LogP contribution in [0.1, 0.15) is 25.0 Å². The summed E-state index contributed by atoms with van der Waals surface area (Å²) in [5, 5.41) is 5.19. The quantitative estimate of drug-likeness (QED) is 0.182. The number of hydrogen-bond acceptors (Lipinski definition) is 2. The molecule has 1 N–H and O–H groups in total. The first-order valence-electron chi connectivity index (χ1n) is 22.3. The third-order valence-corrected chi connectivity index (χ3v) is 16.1. The lowest BCUT2D eigenvalue weighted by molar-refractivity contribution is 0.660. The number of nitrogens with zero attached hydrogens (tertiary/aromatic N) is 1. The van der Waals surface area contributed by atoms with Crippen molar-refractivity contribution in [2.24, 2.45) is 0 Å². The lowest BCUT2D eigenvalue weighted by atomic mass is 9.82. The van der Waals surface area contributed by atoms with Gasteiger partial charge in [-0.25, -0.2) is 0 Å². The van der Waals surface area contributed by atoms with Crippen LogP contribution in [0, 0.1) is 0 Å². The van der Waals surface area contributed by atoms with Gasteiger partial charge in [0.25, 0.3) is 0 Å². The van der Waals surface area contributed by atoms with Gasteiger partial charge in [0.1, 0.15) is 0 Å². The molecule has 4 heterocycles. The van der Waals surface area contributed by atoms with Gasteiger partial charge >= 0.3 is 0 Å². The largest absolute Gasteiger partial charge is 0.353 e. The fourth-order valence-corrected chi connectivity index (χ4v) is 12.8. The summed E-state index contributed by atoms with van der Waals surface area (Å²) in [4.78, 5) is 3.68. The fraction of sp³-hybridized carbons (Fsp3) is 0.0492. The van der Waals surface area contributed by atoms with Gasteiger partial charge in [0.05, 0.1) is 25.9 Å². The highest BCUT2D eigenvalue weighted by atomic mass is 32.1. The number of nitrogens with one attached hydrogen (secondary N) is 1. The molecule has 0 aliphatic heterocycles. The van der Waals surface area contributed by atoms with Crippen molar-refractivity contribution in [3.63, 3.8) is 0 Å². The van der Waals surface area contributed by atoms with Gasteiger partial charge in [0.2, 0.25) is 0 Å². The van der Waals surface area contributed by atoms with Crippen molar-refractivity contribution in [1.82, 2.24) is 9.55 Å².